The van der Waals surface area contributed by atoms with Crippen LogP contribution in [0.1, 0.15) is 12.8 Å². The summed E-state index contributed by atoms with van der Waals surface area (Å²) in [5, 5.41) is 20.1. The number of piperidine rings is 1. The largest absolute Gasteiger partial charge is 0.391 e. The first-order valence-electron chi connectivity index (χ1n) is 5.34. The lowest BCUT2D eigenvalue weighted by atomic mass is 10.1. The van der Waals surface area contributed by atoms with Crippen molar-refractivity contribution < 1.29 is 5.11 Å². The molecule has 1 aromatic carbocycles. The van der Waals surface area contributed by atoms with Gasteiger partial charge < -0.3 is 5.11 Å². The van der Waals surface area contributed by atoms with E-state index in [0.717, 1.165) is 25.1 Å². The molecule has 5 heteroatoms. The van der Waals surface area contributed by atoms with Gasteiger partial charge in [-0.05, 0) is 37.1 Å². The monoisotopic (exact) mass is 239 g/mol. The standard InChI is InChI=1S/C11H14ClN3O/c12-9-3-5-10(6-4-9)13-14-15-7-1-2-11(16)8-15/h3-6,11,16H,1-2,7-8H2. The van der Waals surface area contributed by atoms with E-state index in [2.05, 4.69) is 10.3 Å². The van der Waals surface area contributed by atoms with Crippen LogP contribution in [-0.4, -0.2) is 29.3 Å². The Morgan fingerprint density at radius 1 is 1.31 bits per heavy atom. The SMILES string of the molecule is OC1CCCN(N=Nc2ccc(Cl)cc2)C1. The number of hydrogen-bond donors (Lipinski definition) is 1. The molecule has 1 fully saturated rings. The van der Waals surface area contributed by atoms with Crippen molar-refractivity contribution in [3.63, 3.8) is 0 Å². The van der Waals surface area contributed by atoms with Gasteiger partial charge in [-0.1, -0.05) is 16.8 Å². The van der Waals surface area contributed by atoms with Crippen LogP contribution in [0.5, 0.6) is 0 Å². The predicted molar refractivity (Wildman–Crippen MR) is 62.8 cm³/mol. The van der Waals surface area contributed by atoms with Gasteiger partial charge in [0.1, 0.15) is 0 Å². The average molecular weight is 240 g/mol. The van der Waals surface area contributed by atoms with Gasteiger partial charge in [0.05, 0.1) is 18.3 Å². The number of aliphatic hydroxyl groups is 1. The number of hydrogen-bond acceptors (Lipinski definition) is 3. The molecule has 1 N–H and O–H groups in total. The Hall–Kier alpha value is -1.13. The maximum Gasteiger partial charge on any atom is 0.0875 e. The quantitative estimate of drug-likeness (QED) is 0.807. The zero-order chi connectivity index (χ0) is 11.4. The third kappa shape index (κ3) is 3.18. The first-order chi connectivity index (χ1) is 7.74. The van der Waals surface area contributed by atoms with E-state index in [-0.39, 0.29) is 6.10 Å². The minimum absolute atomic E-state index is 0.280. The highest BCUT2D eigenvalue weighted by molar-refractivity contribution is 6.30. The van der Waals surface area contributed by atoms with Crippen LogP contribution >= 0.6 is 11.6 Å². The van der Waals surface area contributed by atoms with E-state index in [9.17, 15) is 5.11 Å². The number of aliphatic hydroxyl groups excluding tert-OH is 1. The molecule has 2 rings (SSSR count). The van der Waals surface area contributed by atoms with Crippen LogP contribution < -0.4 is 0 Å². The Kier molecular flexibility index (Phi) is 3.74. The smallest absolute Gasteiger partial charge is 0.0875 e. The number of rotatable bonds is 2. The average Bonchev–Trinajstić information content (AvgIpc) is 2.28. The topological polar surface area (TPSA) is 48.2 Å². The Morgan fingerprint density at radius 3 is 2.75 bits per heavy atom. The lowest BCUT2D eigenvalue weighted by molar-refractivity contribution is 0.0681. The Bertz CT molecular complexity index is 366. The molecule has 0 spiro atoms. The van der Waals surface area contributed by atoms with Crippen molar-refractivity contribution in [3.05, 3.63) is 29.3 Å². The molecule has 16 heavy (non-hydrogen) atoms. The summed E-state index contributed by atoms with van der Waals surface area (Å²) in [4.78, 5) is 0. The molecule has 1 aliphatic heterocycles. The Balaban J connectivity index is 1.95. The fourth-order valence-corrected chi connectivity index (χ4v) is 1.77. The summed E-state index contributed by atoms with van der Waals surface area (Å²) in [6, 6.07) is 7.18. The number of benzene rings is 1. The van der Waals surface area contributed by atoms with Crippen LogP contribution in [0, 0.1) is 0 Å². The summed E-state index contributed by atoms with van der Waals surface area (Å²) in [5.41, 5.74) is 0.768. The molecule has 1 aliphatic rings. The normalized spacial score (nSPS) is 21.6. The maximum atomic E-state index is 9.45. The summed E-state index contributed by atoms with van der Waals surface area (Å²) in [7, 11) is 0. The third-order valence-electron chi connectivity index (χ3n) is 2.49. The van der Waals surface area contributed by atoms with Crippen LogP contribution in [0.2, 0.25) is 5.02 Å². The second-order valence-electron chi connectivity index (χ2n) is 3.87. The van der Waals surface area contributed by atoms with Crippen LogP contribution in [0.25, 0.3) is 0 Å². The summed E-state index contributed by atoms with van der Waals surface area (Å²) in [6.45, 7) is 1.42. The molecule has 1 unspecified atom stereocenters. The number of nitrogens with zero attached hydrogens (tertiary/aromatic N) is 3. The zero-order valence-corrected chi connectivity index (χ0v) is 9.64. The van der Waals surface area contributed by atoms with Gasteiger partial charge in [0, 0.05) is 11.6 Å². The number of halogens is 1. The number of β-amino-alcohol motifs (C(OH)–C–C–N with tert-alkyl or cyclic N) is 1. The van der Waals surface area contributed by atoms with Crippen LogP contribution in [0.3, 0.4) is 0 Å². The van der Waals surface area contributed by atoms with E-state index in [1.165, 1.54) is 0 Å². The van der Waals surface area contributed by atoms with Crippen molar-refractivity contribution >= 4 is 17.3 Å². The minimum atomic E-state index is -0.280. The van der Waals surface area contributed by atoms with Gasteiger partial charge in [-0.3, -0.25) is 5.01 Å². The Labute approximate surface area is 99.5 Å². The molecular weight excluding hydrogens is 226 g/mol. The summed E-state index contributed by atoms with van der Waals surface area (Å²) < 4.78 is 0. The molecule has 86 valence electrons. The highest BCUT2D eigenvalue weighted by Gasteiger charge is 2.15. The van der Waals surface area contributed by atoms with Gasteiger partial charge in [-0.25, -0.2) is 0 Å². The summed E-state index contributed by atoms with van der Waals surface area (Å²) >= 11 is 5.76. The first-order valence-corrected chi connectivity index (χ1v) is 5.72. The molecule has 1 aromatic rings. The first kappa shape index (κ1) is 11.4. The van der Waals surface area contributed by atoms with Crippen molar-refractivity contribution in [1.82, 2.24) is 5.01 Å². The third-order valence-corrected chi connectivity index (χ3v) is 2.74. The molecular formula is C11H14ClN3O. The molecule has 1 saturated heterocycles. The highest BCUT2D eigenvalue weighted by Crippen LogP contribution is 2.18. The van der Waals surface area contributed by atoms with Crippen molar-refractivity contribution in [2.75, 3.05) is 13.1 Å². The molecule has 0 saturated carbocycles. The molecule has 4 nitrogen and oxygen atoms in total. The predicted octanol–water partition coefficient (Wildman–Crippen LogP) is 2.80. The van der Waals surface area contributed by atoms with E-state index >= 15 is 0 Å². The Morgan fingerprint density at radius 2 is 2.06 bits per heavy atom. The van der Waals surface area contributed by atoms with E-state index in [4.69, 9.17) is 11.6 Å². The van der Waals surface area contributed by atoms with Gasteiger partial charge >= 0.3 is 0 Å². The lowest BCUT2D eigenvalue weighted by Crippen LogP contribution is -2.34. The second kappa shape index (κ2) is 5.27. The summed E-state index contributed by atoms with van der Waals surface area (Å²) in [5.74, 6) is 0. The van der Waals surface area contributed by atoms with Crippen molar-refractivity contribution in [2.24, 2.45) is 10.3 Å². The molecule has 0 aliphatic carbocycles. The molecule has 0 aromatic heterocycles. The fraction of sp³-hybridized carbons (Fsp3) is 0.455. The van der Waals surface area contributed by atoms with E-state index in [1.54, 1.807) is 17.1 Å². The molecule has 0 bridgehead atoms. The molecule has 1 atom stereocenters. The van der Waals surface area contributed by atoms with Gasteiger partial charge in [0.15, 0.2) is 0 Å². The van der Waals surface area contributed by atoms with E-state index in [1.807, 2.05) is 12.1 Å². The minimum Gasteiger partial charge on any atom is -0.391 e. The van der Waals surface area contributed by atoms with Crippen molar-refractivity contribution in [2.45, 2.75) is 18.9 Å². The second-order valence-corrected chi connectivity index (χ2v) is 4.31. The van der Waals surface area contributed by atoms with Crippen LogP contribution in [-0.2, 0) is 0 Å². The van der Waals surface area contributed by atoms with Crippen molar-refractivity contribution in [1.29, 1.82) is 0 Å². The lowest BCUT2D eigenvalue weighted by Gasteiger charge is -2.26. The van der Waals surface area contributed by atoms with Gasteiger partial charge in [0.25, 0.3) is 0 Å². The molecule has 0 amide bonds. The molecule has 1 heterocycles. The van der Waals surface area contributed by atoms with E-state index in [0.29, 0.717) is 11.6 Å². The fourth-order valence-electron chi connectivity index (χ4n) is 1.64. The summed E-state index contributed by atoms with van der Waals surface area (Å²) in [6.07, 6.45) is 1.53. The van der Waals surface area contributed by atoms with Crippen molar-refractivity contribution in [3.8, 4) is 0 Å². The van der Waals surface area contributed by atoms with Gasteiger partial charge in [0.2, 0.25) is 0 Å². The van der Waals surface area contributed by atoms with Gasteiger partial charge in [-0.2, -0.15) is 0 Å². The maximum absolute atomic E-state index is 9.45. The highest BCUT2D eigenvalue weighted by atomic mass is 35.5. The zero-order valence-electron chi connectivity index (χ0n) is 8.88. The van der Waals surface area contributed by atoms with Gasteiger partial charge in [-0.15, -0.1) is 5.11 Å². The molecule has 0 radical (unpaired) electrons. The van der Waals surface area contributed by atoms with Crippen LogP contribution in [0.15, 0.2) is 34.6 Å². The van der Waals surface area contributed by atoms with E-state index < -0.39 is 0 Å². The van der Waals surface area contributed by atoms with Crippen LogP contribution in [0.4, 0.5) is 5.69 Å².